The lowest BCUT2D eigenvalue weighted by Crippen LogP contribution is -2.53. The van der Waals surface area contributed by atoms with Gasteiger partial charge in [0.2, 0.25) is 0 Å². The molecule has 1 aliphatic rings. The molecule has 2 rings (SSSR count). The molecule has 0 aromatic heterocycles. The average molecular weight is 219 g/mol. The molecule has 1 fully saturated rings. The number of nitrogens with one attached hydrogen (secondary N) is 1. The van der Waals surface area contributed by atoms with Gasteiger partial charge in [-0.15, -0.1) is 0 Å². The van der Waals surface area contributed by atoms with E-state index in [1.807, 2.05) is 7.05 Å². The van der Waals surface area contributed by atoms with Crippen LogP contribution in [0.4, 0.5) is 5.69 Å². The molecule has 0 aliphatic carbocycles. The van der Waals surface area contributed by atoms with E-state index in [0.29, 0.717) is 6.17 Å². The standard InChI is InChI=1S/C13H21N3/c1-12(14-2)15-8-10-16(11-9-15)13-6-4-3-5-7-13/h3-7,12,14H,8-11H2,1-2H3. The molecule has 0 radical (unpaired) electrons. The minimum Gasteiger partial charge on any atom is -0.369 e. The molecule has 0 saturated carbocycles. The summed E-state index contributed by atoms with van der Waals surface area (Å²) >= 11 is 0. The van der Waals surface area contributed by atoms with Gasteiger partial charge in [-0.2, -0.15) is 0 Å². The van der Waals surface area contributed by atoms with Crippen molar-refractivity contribution in [2.24, 2.45) is 0 Å². The van der Waals surface area contributed by atoms with Gasteiger partial charge in [0.15, 0.2) is 0 Å². The first-order chi connectivity index (χ1) is 7.81. The minimum atomic E-state index is 0.484. The Balaban J connectivity index is 1.91. The minimum absolute atomic E-state index is 0.484. The van der Waals surface area contributed by atoms with Crippen LogP contribution in [0.3, 0.4) is 0 Å². The van der Waals surface area contributed by atoms with Crippen molar-refractivity contribution in [2.45, 2.75) is 13.1 Å². The number of para-hydroxylation sites is 1. The maximum atomic E-state index is 3.30. The first-order valence-corrected chi connectivity index (χ1v) is 6.02. The molecule has 16 heavy (non-hydrogen) atoms. The van der Waals surface area contributed by atoms with Crippen molar-refractivity contribution < 1.29 is 0 Å². The van der Waals surface area contributed by atoms with E-state index in [1.165, 1.54) is 5.69 Å². The zero-order chi connectivity index (χ0) is 11.4. The van der Waals surface area contributed by atoms with Gasteiger partial charge in [-0.1, -0.05) is 18.2 Å². The van der Waals surface area contributed by atoms with E-state index in [9.17, 15) is 0 Å². The second kappa shape index (κ2) is 5.32. The Morgan fingerprint density at radius 1 is 1.06 bits per heavy atom. The van der Waals surface area contributed by atoms with Crippen LogP contribution in [0.15, 0.2) is 30.3 Å². The van der Waals surface area contributed by atoms with Gasteiger partial charge in [-0.05, 0) is 26.1 Å². The fraction of sp³-hybridized carbons (Fsp3) is 0.538. The van der Waals surface area contributed by atoms with Crippen molar-refractivity contribution in [3.63, 3.8) is 0 Å². The third kappa shape index (κ3) is 2.54. The van der Waals surface area contributed by atoms with E-state index >= 15 is 0 Å². The summed E-state index contributed by atoms with van der Waals surface area (Å²) in [6, 6.07) is 10.7. The second-order valence-corrected chi connectivity index (χ2v) is 4.32. The highest BCUT2D eigenvalue weighted by molar-refractivity contribution is 5.46. The topological polar surface area (TPSA) is 18.5 Å². The van der Waals surface area contributed by atoms with E-state index in [2.05, 4.69) is 52.4 Å². The van der Waals surface area contributed by atoms with Crippen LogP contribution in [0.25, 0.3) is 0 Å². The van der Waals surface area contributed by atoms with Crippen LogP contribution in [0.1, 0.15) is 6.92 Å². The predicted molar refractivity (Wildman–Crippen MR) is 68.7 cm³/mol. The first-order valence-electron chi connectivity index (χ1n) is 6.02. The number of hydrogen-bond acceptors (Lipinski definition) is 3. The van der Waals surface area contributed by atoms with E-state index in [1.54, 1.807) is 0 Å². The number of nitrogens with zero attached hydrogens (tertiary/aromatic N) is 2. The Kier molecular flexibility index (Phi) is 3.80. The second-order valence-electron chi connectivity index (χ2n) is 4.32. The van der Waals surface area contributed by atoms with Crippen LogP contribution in [0, 0.1) is 0 Å². The molecule has 1 atom stereocenters. The molecule has 1 saturated heterocycles. The first kappa shape index (κ1) is 11.4. The molecule has 1 aromatic carbocycles. The lowest BCUT2D eigenvalue weighted by molar-refractivity contribution is 0.176. The predicted octanol–water partition coefficient (Wildman–Crippen LogP) is 1.37. The summed E-state index contributed by atoms with van der Waals surface area (Å²) in [6.45, 7) is 6.73. The van der Waals surface area contributed by atoms with E-state index < -0.39 is 0 Å². The molecule has 1 heterocycles. The van der Waals surface area contributed by atoms with Gasteiger partial charge in [-0.3, -0.25) is 4.90 Å². The van der Waals surface area contributed by atoms with Gasteiger partial charge in [-0.25, -0.2) is 0 Å². The molecule has 1 unspecified atom stereocenters. The summed E-state index contributed by atoms with van der Waals surface area (Å²) in [5.41, 5.74) is 1.35. The Bertz CT molecular complexity index is 304. The van der Waals surface area contributed by atoms with Crippen LogP contribution >= 0.6 is 0 Å². The fourth-order valence-electron chi connectivity index (χ4n) is 2.19. The summed E-state index contributed by atoms with van der Waals surface area (Å²) < 4.78 is 0. The van der Waals surface area contributed by atoms with Crippen molar-refractivity contribution >= 4 is 5.69 Å². The summed E-state index contributed by atoms with van der Waals surface area (Å²) in [5.74, 6) is 0. The largest absolute Gasteiger partial charge is 0.369 e. The molecule has 1 aliphatic heterocycles. The number of rotatable bonds is 3. The Hall–Kier alpha value is -1.06. The van der Waals surface area contributed by atoms with Crippen LogP contribution in [-0.4, -0.2) is 44.3 Å². The van der Waals surface area contributed by atoms with Gasteiger partial charge in [0.25, 0.3) is 0 Å². The number of piperazine rings is 1. The summed E-state index contributed by atoms with van der Waals surface area (Å²) in [4.78, 5) is 4.94. The number of anilines is 1. The summed E-state index contributed by atoms with van der Waals surface area (Å²) in [7, 11) is 2.02. The molecule has 88 valence electrons. The zero-order valence-electron chi connectivity index (χ0n) is 10.2. The molecule has 1 aromatic rings. The Morgan fingerprint density at radius 2 is 1.69 bits per heavy atom. The molecule has 3 heteroatoms. The maximum Gasteiger partial charge on any atom is 0.0566 e. The number of benzene rings is 1. The summed E-state index contributed by atoms with van der Waals surface area (Å²) in [6.07, 6.45) is 0.484. The average Bonchev–Trinajstić information content (AvgIpc) is 2.39. The monoisotopic (exact) mass is 219 g/mol. The lowest BCUT2D eigenvalue weighted by atomic mass is 10.2. The SMILES string of the molecule is CNC(C)N1CCN(c2ccccc2)CC1. The van der Waals surface area contributed by atoms with Crippen LogP contribution in [-0.2, 0) is 0 Å². The normalized spacial score (nSPS) is 19.8. The number of hydrogen-bond donors (Lipinski definition) is 1. The van der Waals surface area contributed by atoms with Crippen molar-refractivity contribution in [1.82, 2.24) is 10.2 Å². The van der Waals surface area contributed by atoms with E-state index in [0.717, 1.165) is 26.2 Å². The van der Waals surface area contributed by atoms with Gasteiger partial charge >= 0.3 is 0 Å². The van der Waals surface area contributed by atoms with E-state index in [4.69, 9.17) is 0 Å². The van der Waals surface area contributed by atoms with Crippen LogP contribution in [0.5, 0.6) is 0 Å². The van der Waals surface area contributed by atoms with Crippen molar-refractivity contribution in [3.05, 3.63) is 30.3 Å². The van der Waals surface area contributed by atoms with Crippen molar-refractivity contribution in [2.75, 3.05) is 38.1 Å². The smallest absolute Gasteiger partial charge is 0.0566 e. The molecule has 0 amide bonds. The lowest BCUT2D eigenvalue weighted by Gasteiger charge is -2.38. The molecule has 3 nitrogen and oxygen atoms in total. The summed E-state index contributed by atoms with van der Waals surface area (Å²) in [5, 5.41) is 3.30. The van der Waals surface area contributed by atoms with E-state index in [-0.39, 0.29) is 0 Å². The third-order valence-electron chi connectivity index (χ3n) is 3.40. The maximum absolute atomic E-state index is 3.30. The zero-order valence-corrected chi connectivity index (χ0v) is 10.2. The highest BCUT2D eigenvalue weighted by Gasteiger charge is 2.19. The van der Waals surface area contributed by atoms with Crippen LogP contribution in [0.2, 0.25) is 0 Å². The molecule has 1 N–H and O–H groups in total. The van der Waals surface area contributed by atoms with Gasteiger partial charge in [0, 0.05) is 31.9 Å². The highest BCUT2D eigenvalue weighted by Crippen LogP contribution is 2.15. The Labute approximate surface area is 98.0 Å². The van der Waals surface area contributed by atoms with Gasteiger partial charge in [0.1, 0.15) is 0 Å². The van der Waals surface area contributed by atoms with Gasteiger partial charge < -0.3 is 10.2 Å². The highest BCUT2D eigenvalue weighted by atomic mass is 15.3. The molecular formula is C13H21N3. The quantitative estimate of drug-likeness (QED) is 0.828. The fourth-order valence-corrected chi connectivity index (χ4v) is 2.19. The van der Waals surface area contributed by atoms with Crippen molar-refractivity contribution in [1.29, 1.82) is 0 Å². The molecular weight excluding hydrogens is 198 g/mol. The van der Waals surface area contributed by atoms with Crippen LogP contribution < -0.4 is 10.2 Å². The third-order valence-corrected chi connectivity index (χ3v) is 3.40. The Morgan fingerprint density at radius 3 is 2.25 bits per heavy atom. The van der Waals surface area contributed by atoms with Crippen molar-refractivity contribution in [3.8, 4) is 0 Å². The molecule has 0 spiro atoms. The molecule has 0 bridgehead atoms. The van der Waals surface area contributed by atoms with Gasteiger partial charge in [0.05, 0.1) is 6.17 Å².